The molecule has 2 aliphatic rings. The van der Waals surface area contributed by atoms with Gasteiger partial charge >= 0.3 is 0 Å². The van der Waals surface area contributed by atoms with Crippen LogP contribution in [-0.2, 0) is 10.3 Å². The number of piperidine rings is 1. The van der Waals surface area contributed by atoms with E-state index in [1.165, 1.54) is 42.8 Å². The number of halogens is 3. The maximum atomic E-state index is 14.8. The number of aromatic nitrogens is 1. The molecule has 2 amide bonds. The first kappa shape index (κ1) is 28.7. The fraction of sp³-hybridized carbons (Fsp3) is 0.536. The van der Waals surface area contributed by atoms with Gasteiger partial charge in [-0.25, -0.2) is 13.2 Å². The molecule has 2 atom stereocenters. The molecule has 2 N–H and O–H groups in total. The lowest BCUT2D eigenvalue weighted by Gasteiger charge is -2.32. The van der Waals surface area contributed by atoms with Crippen LogP contribution in [0.25, 0.3) is 0 Å². The molecule has 2 fully saturated rings. The summed E-state index contributed by atoms with van der Waals surface area (Å²) in [5.41, 5.74) is -1.25. The van der Waals surface area contributed by atoms with Crippen LogP contribution < -0.4 is 16.2 Å². The fourth-order valence-electron chi connectivity index (χ4n) is 5.46. The SMILES string of the molecule is CC(=O)N1CCC(C)(n2cc(C(=O)NC(C)c3cccc(C(F)F)c3F)c(NC3CCN(C)CC3)cc2=O)C1. The molecule has 0 spiro atoms. The van der Waals surface area contributed by atoms with Crippen molar-refractivity contribution in [2.75, 3.05) is 38.5 Å². The second-order valence-electron chi connectivity index (χ2n) is 11.0. The first-order valence-corrected chi connectivity index (χ1v) is 13.2. The van der Waals surface area contributed by atoms with E-state index in [0.717, 1.165) is 32.0 Å². The molecule has 1 aromatic heterocycles. The van der Waals surface area contributed by atoms with Crippen LogP contribution in [0, 0.1) is 5.82 Å². The summed E-state index contributed by atoms with van der Waals surface area (Å²) in [5, 5.41) is 6.09. The Morgan fingerprint density at radius 1 is 1.13 bits per heavy atom. The van der Waals surface area contributed by atoms with Crippen LogP contribution in [0.5, 0.6) is 0 Å². The van der Waals surface area contributed by atoms with Crippen molar-refractivity contribution < 1.29 is 22.8 Å². The molecule has 0 bridgehead atoms. The van der Waals surface area contributed by atoms with Gasteiger partial charge in [0.25, 0.3) is 17.9 Å². The molecule has 0 saturated carbocycles. The first-order chi connectivity index (χ1) is 18.4. The highest BCUT2D eigenvalue weighted by Crippen LogP contribution is 2.31. The minimum atomic E-state index is -2.98. The van der Waals surface area contributed by atoms with Crippen LogP contribution in [0.3, 0.4) is 0 Å². The minimum Gasteiger partial charge on any atom is -0.381 e. The van der Waals surface area contributed by atoms with Gasteiger partial charge in [0.2, 0.25) is 5.91 Å². The van der Waals surface area contributed by atoms with E-state index in [9.17, 15) is 27.6 Å². The number of rotatable bonds is 7. The van der Waals surface area contributed by atoms with Crippen molar-refractivity contribution in [3.8, 4) is 0 Å². The van der Waals surface area contributed by atoms with Gasteiger partial charge in [0.15, 0.2) is 0 Å². The molecule has 1 aromatic carbocycles. The average Bonchev–Trinajstić information content (AvgIpc) is 3.28. The second-order valence-corrected chi connectivity index (χ2v) is 11.0. The Morgan fingerprint density at radius 3 is 2.41 bits per heavy atom. The number of pyridine rings is 1. The molecule has 4 rings (SSSR count). The summed E-state index contributed by atoms with van der Waals surface area (Å²) in [6.45, 7) is 7.43. The molecule has 2 aliphatic heterocycles. The molecule has 2 aromatic rings. The Bertz CT molecular complexity index is 1290. The summed E-state index contributed by atoms with van der Waals surface area (Å²) >= 11 is 0. The molecule has 2 saturated heterocycles. The topological polar surface area (TPSA) is 86.7 Å². The lowest BCUT2D eigenvalue weighted by atomic mass is 9.99. The van der Waals surface area contributed by atoms with Crippen LogP contribution >= 0.6 is 0 Å². The van der Waals surface area contributed by atoms with Gasteiger partial charge in [-0.1, -0.05) is 18.2 Å². The first-order valence-electron chi connectivity index (χ1n) is 13.2. The highest BCUT2D eigenvalue weighted by atomic mass is 19.3. The summed E-state index contributed by atoms with van der Waals surface area (Å²) in [6.07, 6.45) is 0.708. The van der Waals surface area contributed by atoms with Crippen molar-refractivity contribution in [1.29, 1.82) is 0 Å². The van der Waals surface area contributed by atoms with Crippen molar-refractivity contribution in [1.82, 2.24) is 19.7 Å². The average molecular weight is 548 g/mol. The number of alkyl halides is 2. The molecular weight excluding hydrogens is 511 g/mol. The summed E-state index contributed by atoms with van der Waals surface area (Å²) in [6, 6.07) is 4.25. The third-order valence-corrected chi connectivity index (χ3v) is 7.96. The highest BCUT2D eigenvalue weighted by molar-refractivity contribution is 5.99. The molecule has 8 nitrogen and oxygen atoms in total. The van der Waals surface area contributed by atoms with Crippen molar-refractivity contribution in [2.45, 2.75) is 64.1 Å². The van der Waals surface area contributed by atoms with Crippen LogP contribution in [0.4, 0.5) is 18.9 Å². The Hall–Kier alpha value is -3.34. The van der Waals surface area contributed by atoms with E-state index in [0.29, 0.717) is 25.2 Å². The molecule has 39 heavy (non-hydrogen) atoms. The molecule has 3 heterocycles. The summed E-state index contributed by atoms with van der Waals surface area (Å²) in [5.74, 6) is -1.72. The third-order valence-electron chi connectivity index (χ3n) is 7.96. The monoisotopic (exact) mass is 547 g/mol. The number of likely N-dealkylation sites (tertiary alicyclic amines) is 2. The number of benzene rings is 1. The van der Waals surface area contributed by atoms with Crippen molar-refractivity contribution in [3.63, 3.8) is 0 Å². The van der Waals surface area contributed by atoms with E-state index in [-0.39, 0.29) is 28.6 Å². The summed E-state index contributed by atoms with van der Waals surface area (Å²) < 4.78 is 42.8. The maximum absolute atomic E-state index is 14.8. The van der Waals surface area contributed by atoms with E-state index in [1.807, 2.05) is 14.0 Å². The zero-order chi connectivity index (χ0) is 28.5. The van der Waals surface area contributed by atoms with Gasteiger partial charge in [0.1, 0.15) is 5.82 Å². The molecule has 0 aliphatic carbocycles. The van der Waals surface area contributed by atoms with Gasteiger partial charge in [-0.2, -0.15) is 0 Å². The lowest BCUT2D eigenvalue weighted by Crippen LogP contribution is -2.43. The predicted molar refractivity (Wildman–Crippen MR) is 143 cm³/mol. The van der Waals surface area contributed by atoms with Crippen LogP contribution in [0.1, 0.15) is 74.0 Å². The van der Waals surface area contributed by atoms with Crippen LogP contribution in [0.15, 0.2) is 35.3 Å². The van der Waals surface area contributed by atoms with Gasteiger partial charge < -0.3 is 25.0 Å². The number of hydrogen-bond donors (Lipinski definition) is 2. The zero-order valence-electron chi connectivity index (χ0n) is 22.8. The van der Waals surface area contributed by atoms with Crippen LogP contribution in [-0.4, -0.2) is 65.4 Å². The van der Waals surface area contributed by atoms with Crippen molar-refractivity contribution in [3.05, 3.63) is 63.3 Å². The number of hydrogen-bond acceptors (Lipinski definition) is 5. The number of nitrogens with zero attached hydrogens (tertiary/aromatic N) is 3. The number of carbonyl (C=O) groups excluding carboxylic acids is 2. The van der Waals surface area contributed by atoms with Gasteiger partial charge in [-0.05, 0) is 53.2 Å². The van der Waals surface area contributed by atoms with E-state index in [1.54, 1.807) is 4.90 Å². The molecule has 11 heteroatoms. The number of anilines is 1. The number of carbonyl (C=O) groups is 2. The summed E-state index contributed by atoms with van der Waals surface area (Å²) in [7, 11) is 2.03. The quantitative estimate of drug-likeness (QED) is 0.550. The normalized spacial score (nSPS) is 21.3. The summed E-state index contributed by atoms with van der Waals surface area (Å²) in [4.78, 5) is 42.8. The lowest BCUT2D eigenvalue weighted by molar-refractivity contribution is -0.128. The number of nitrogens with one attached hydrogen (secondary N) is 2. The Kier molecular flexibility index (Phi) is 8.39. The molecular formula is C28H36F3N5O3. The maximum Gasteiger partial charge on any atom is 0.266 e. The Balaban J connectivity index is 1.68. The largest absolute Gasteiger partial charge is 0.381 e. The zero-order valence-corrected chi connectivity index (χ0v) is 22.8. The van der Waals surface area contributed by atoms with Gasteiger partial charge in [-0.15, -0.1) is 0 Å². The third kappa shape index (κ3) is 6.13. The predicted octanol–water partition coefficient (Wildman–Crippen LogP) is 3.89. The van der Waals surface area contributed by atoms with Crippen LogP contribution in [0.2, 0.25) is 0 Å². The van der Waals surface area contributed by atoms with E-state index >= 15 is 0 Å². The Labute approximate surface area is 226 Å². The van der Waals surface area contributed by atoms with E-state index < -0.39 is 35.3 Å². The Morgan fingerprint density at radius 2 is 1.79 bits per heavy atom. The highest BCUT2D eigenvalue weighted by Gasteiger charge is 2.38. The molecule has 0 radical (unpaired) electrons. The number of amides is 2. The van der Waals surface area contributed by atoms with Crippen molar-refractivity contribution >= 4 is 17.5 Å². The van der Waals surface area contributed by atoms with Gasteiger partial charge in [0.05, 0.1) is 28.4 Å². The van der Waals surface area contributed by atoms with Gasteiger partial charge in [0, 0.05) is 43.9 Å². The standard InChI is InChI=1S/C28H36F3N5O3/c1-17(20-6-5-7-21(25(20)29)26(30)31)32-27(39)22-15-36(28(3)10-13-35(16-28)18(2)37)24(38)14-23(22)33-19-8-11-34(4)12-9-19/h5-7,14-15,17,19,26,33H,8-13,16H2,1-4H3,(H,32,39). The molecule has 212 valence electrons. The van der Waals surface area contributed by atoms with E-state index in [2.05, 4.69) is 15.5 Å². The second kappa shape index (κ2) is 11.4. The smallest absolute Gasteiger partial charge is 0.266 e. The van der Waals surface area contributed by atoms with E-state index in [4.69, 9.17) is 0 Å². The fourth-order valence-corrected chi connectivity index (χ4v) is 5.46. The molecule has 2 unspecified atom stereocenters. The minimum absolute atomic E-state index is 0.0517. The van der Waals surface area contributed by atoms with Gasteiger partial charge in [-0.3, -0.25) is 14.4 Å². The van der Waals surface area contributed by atoms with Crippen molar-refractivity contribution in [2.24, 2.45) is 0 Å².